The zero-order valence-corrected chi connectivity index (χ0v) is 18.0. The topological polar surface area (TPSA) is 75.7 Å². The van der Waals surface area contributed by atoms with Gasteiger partial charge in [-0.15, -0.1) is 0 Å². The van der Waals surface area contributed by atoms with Crippen LogP contribution in [-0.2, 0) is 25.5 Å². The number of nitrogens with zero attached hydrogens (tertiary/aromatic N) is 1. The van der Waals surface area contributed by atoms with E-state index in [0.29, 0.717) is 0 Å². The molecule has 0 radical (unpaired) electrons. The molecular formula is C25H28N2O4. The molecule has 0 unspecified atom stereocenters. The highest BCUT2D eigenvalue weighted by Crippen LogP contribution is 2.31. The Hall–Kier alpha value is -3.15. The molecule has 1 heterocycles. The van der Waals surface area contributed by atoms with E-state index in [9.17, 15) is 14.4 Å². The van der Waals surface area contributed by atoms with Gasteiger partial charge < -0.3 is 15.0 Å². The van der Waals surface area contributed by atoms with E-state index in [1.807, 2.05) is 50.2 Å². The molecule has 0 spiro atoms. The summed E-state index contributed by atoms with van der Waals surface area (Å²) in [5, 5.41) is 2.98. The normalized spacial score (nSPS) is 20.3. The van der Waals surface area contributed by atoms with Gasteiger partial charge in [-0.2, -0.15) is 0 Å². The predicted octanol–water partition coefficient (Wildman–Crippen LogP) is 3.39. The number of anilines is 1. The molecule has 6 nitrogen and oxygen atoms in total. The first-order valence-electron chi connectivity index (χ1n) is 10.8. The Bertz CT molecular complexity index is 1020. The number of aryl methyl sites for hydroxylation is 2. The van der Waals surface area contributed by atoms with Crippen LogP contribution in [0, 0.1) is 19.8 Å². The molecule has 1 saturated heterocycles. The van der Waals surface area contributed by atoms with Gasteiger partial charge in [0.05, 0.1) is 12.0 Å². The van der Waals surface area contributed by atoms with E-state index < -0.39 is 11.9 Å². The van der Waals surface area contributed by atoms with Gasteiger partial charge in [0.25, 0.3) is 5.91 Å². The Balaban J connectivity index is 1.32. The lowest BCUT2D eigenvalue weighted by Crippen LogP contribution is -2.35. The number of benzene rings is 2. The van der Waals surface area contributed by atoms with Crippen LogP contribution in [0.3, 0.4) is 0 Å². The van der Waals surface area contributed by atoms with Crippen LogP contribution in [0.2, 0.25) is 0 Å². The number of carbonyl (C=O) groups is 3. The molecule has 1 aliphatic carbocycles. The fourth-order valence-electron chi connectivity index (χ4n) is 4.52. The number of nitrogens with one attached hydrogen (secondary N) is 1. The highest BCUT2D eigenvalue weighted by Gasteiger charge is 2.37. The molecule has 0 bridgehead atoms. The minimum absolute atomic E-state index is 0.0519. The number of ether oxygens (including phenoxy) is 1. The summed E-state index contributed by atoms with van der Waals surface area (Å²) in [6, 6.07) is 13.9. The second-order valence-corrected chi connectivity index (χ2v) is 8.44. The molecule has 2 aromatic rings. The number of esters is 1. The van der Waals surface area contributed by atoms with E-state index in [0.717, 1.165) is 41.6 Å². The van der Waals surface area contributed by atoms with Crippen molar-refractivity contribution in [1.29, 1.82) is 0 Å². The zero-order valence-electron chi connectivity index (χ0n) is 18.0. The maximum atomic E-state index is 12.5. The van der Waals surface area contributed by atoms with Crippen LogP contribution in [0.4, 0.5) is 5.69 Å². The summed E-state index contributed by atoms with van der Waals surface area (Å²) in [5.41, 5.74) is 5.34. The van der Waals surface area contributed by atoms with Crippen LogP contribution in [0.5, 0.6) is 0 Å². The van der Waals surface area contributed by atoms with Crippen molar-refractivity contribution >= 4 is 23.5 Å². The number of hydrogen-bond acceptors (Lipinski definition) is 4. The van der Waals surface area contributed by atoms with E-state index in [2.05, 4.69) is 11.4 Å². The Labute approximate surface area is 182 Å². The smallest absolute Gasteiger partial charge is 0.311 e. The van der Waals surface area contributed by atoms with Crippen LogP contribution in [0.15, 0.2) is 42.5 Å². The molecule has 6 heteroatoms. The average molecular weight is 421 g/mol. The summed E-state index contributed by atoms with van der Waals surface area (Å²) in [5.74, 6) is -1.47. The monoisotopic (exact) mass is 420 g/mol. The lowest BCUT2D eigenvalue weighted by molar-refractivity contribution is -0.152. The Kier molecular flexibility index (Phi) is 6.07. The maximum absolute atomic E-state index is 12.5. The van der Waals surface area contributed by atoms with Gasteiger partial charge in [-0.25, -0.2) is 0 Å². The molecule has 1 fully saturated rings. The van der Waals surface area contributed by atoms with Gasteiger partial charge in [-0.3, -0.25) is 14.4 Å². The van der Waals surface area contributed by atoms with E-state index in [1.165, 1.54) is 5.56 Å². The first-order valence-corrected chi connectivity index (χ1v) is 10.8. The van der Waals surface area contributed by atoms with Crippen molar-refractivity contribution in [3.05, 3.63) is 64.7 Å². The minimum Gasteiger partial charge on any atom is -0.455 e. The van der Waals surface area contributed by atoms with E-state index in [-0.39, 0.29) is 37.4 Å². The predicted molar refractivity (Wildman–Crippen MR) is 118 cm³/mol. The van der Waals surface area contributed by atoms with Crippen LogP contribution >= 0.6 is 0 Å². The number of fused-ring (bicyclic) bond motifs is 1. The molecule has 0 saturated carbocycles. The molecule has 2 aliphatic rings. The molecular weight excluding hydrogens is 392 g/mol. The van der Waals surface area contributed by atoms with E-state index in [1.54, 1.807) is 4.90 Å². The molecule has 1 aliphatic heterocycles. The van der Waals surface area contributed by atoms with Gasteiger partial charge in [0, 0.05) is 18.7 Å². The van der Waals surface area contributed by atoms with E-state index >= 15 is 0 Å². The summed E-state index contributed by atoms with van der Waals surface area (Å²) in [7, 11) is 0. The van der Waals surface area contributed by atoms with Crippen molar-refractivity contribution in [3.8, 4) is 0 Å². The molecule has 4 rings (SSSR count). The third-order valence-corrected chi connectivity index (χ3v) is 6.38. The molecule has 0 aromatic heterocycles. The first-order chi connectivity index (χ1) is 14.9. The Morgan fingerprint density at radius 3 is 2.77 bits per heavy atom. The van der Waals surface area contributed by atoms with Crippen molar-refractivity contribution in [2.24, 2.45) is 5.92 Å². The number of hydrogen-bond donors (Lipinski definition) is 1. The SMILES string of the molecule is Cc1cccc(N2C[C@@H](C(=O)OCC(=O)N[C@@H]3CCCc4ccccc43)CC2=O)c1C. The van der Waals surface area contributed by atoms with Crippen molar-refractivity contribution in [3.63, 3.8) is 0 Å². The minimum atomic E-state index is -0.560. The van der Waals surface area contributed by atoms with Crippen molar-refractivity contribution < 1.29 is 19.1 Å². The lowest BCUT2D eigenvalue weighted by Gasteiger charge is -2.26. The molecule has 2 aromatic carbocycles. The Morgan fingerprint density at radius 1 is 1.13 bits per heavy atom. The largest absolute Gasteiger partial charge is 0.455 e. The third-order valence-electron chi connectivity index (χ3n) is 6.38. The Morgan fingerprint density at radius 2 is 1.94 bits per heavy atom. The first kappa shape index (κ1) is 21.1. The highest BCUT2D eigenvalue weighted by molar-refractivity contribution is 6.00. The summed E-state index contributed by atoms with van der Waals surface area (Å²) < 4.78 is 5.27. The number of carbonyl (C=O) groups excluding carboxylic acids is 3. The van der Waals surface area contributed by atoms with Crippen LogP contribution in [0.25, 0.3) is 0 Å². The molecule has 31 heavy (non-hydrogen) atoms. The number of amides is 2. The van der Waals surface area contributed by atoms with Crippen molar-refractivity contribution in [2.45, 2.75) is 45.6 Å². The molecule has 2 amide bonds. The van der Waals surface area contributed by atoms with Gasteiger partial charge >= 0.3 is 5.97 Å². The second kappa shape index (κ2) is 8.92. The average Bonchev–Trinajstić information content (AvgIpc) is 3.16. The molecule has 2 atom stereocenters. The quantitative estimate of drug-likeness (QED) is 0.753. The number of rotatable bonds is 5. The van der Waals surface area contributed by atoms with Gasteiger partial charge in [0.1, 0.15) is 0 Å². The van der Waals surface area contributed by atoms with Crippen molar-refractivity contribution in [2.75, 3.05) is 18.1 Å². The highest BCUT2D eigenvalue weighted by atomic mass is 16.5. The molecule has 162 valence electrons. The van der Waals surface area contributed by atoms with E-state index in [4.69, 9.17) is 4.74 Å². The summed E-state index contributed by atoms with van der Waals surface area (Å²) in [6.07, 6.45) is 3.01. The van der Waals surface area contributed by atoms with Crippen LogP contribution in [0.1, 0.15) is 47.6 Å². The summed E-state index contributed by atoms with van der Waals surface area (Å²) in [4.78, 5) is 39.1. The lowest BCUT2D eigenvalue weighted by atomic mass is 9.88. The fourth-order valence-corrected chi connectivity index (χ4v) is 4.52. The van der Waals surface area contributed by atoms with Crippen LogP contribution < -0.4 is 10.2 Å². The van der Waals surface area contributed by atoms with Gasteiger partial charge in [0.15, 0.2) is 6.61 Å². The second-order valence-electron chi connectivity index (χ2n) is 8.44. The molecule has 1 N–H and O–H groups in total. The van der Waals surface area contributed by atoms with Crippen molar-refractivity contribution in [1.82, 2.24) is 5.32 Å². The summed E-state index contributed by atoms with van der Waals surface area (Å²) in [6.45, 7) is 3.91. The van der Waals surface area contributed by atoms with Crippen LogP contribution in [-0.4, -0.2) is 30.9 Å². The third kappa shape index (κ3) is 4.48. The fraction of sp³-hybridized carbons (Fsp3) is 0.400. The van der Waals surface area contributed by atoms with Gasteiger partial charge in [-0.05, 0) is 61.4 Å². The standard InChI is InChI=1S/C25H28N2O4/c1-16-7-5-12-22(17(16)2)27-14-19(13-24(27)29)25(30)31-15-23(28)26-21-11-6-9-18-8-3-4-10-20(18)21/h3-5,7-8,10,12,19,21H,6,9,11,13-15H2,1-2H3,(H,26,28)/t19-,21+/m0/s1. The zero-order chi connectivity index (χ0) is 22.0. The summed E-state index contributed by atoms with van der Waals surface area (Å²) >= 11 is 0. The maximum Gasteiger partial charge on any atom is 0.311 e. The van der Waals surface area contributed by atoms with Gasteiger partial charge in [0.2, 0.25) is 5.91 Å². The van der Waals surface area contributed by atoms with Gasteiger partial charge in [-0.1, -0.05) is 36.4 Å².